The maximum atomic E-state index is 8.50. The minimum Gasteiger partial charge on any atom is -0.396 e. The largest absolute Gasteiger partial charge is 0.396 e. The van der Waals surface area contributed by atoms with Crippen molar-refractivity contribution in [3.63, 3.8) is 0 Å². The van der Waals surface area contributed by atoms with E-state index in [-0.39, 0.29) is 27.7 Å². The maximum Gasteiger partial charge on any atom is 0.0434 e. The molecule has 1 aromatic heterocycles. The van der Waals surface area contributed by atoms with Gasteiger partial charge in [-0.1, -0.05) is 6.07 Å². The fourth-order valence-corrected chi connectivity index (χ4v) is 0.806. The van der Waals surface area contributed by atoms with Gasteiger partial charge in [-0.3, -0.25) is 4.98 Å². The van der Waals surface area contributed by atoms with Crippen molar-refractivity contribution in [1.82, 2.24) is 4.98 Å². The van der Waals surface area contributed by atoms with Gasteiger partial charge in [-0.2, -0.15) is 13.8 Å². The normalized spacial score (nSPS) is 8.21. The number of rotatable bonds is 3. The van der Waals surface area contributed by atoms with E-state index >= 15 is 0 Å². The number of hydrogen-bond acceptors (Lipinski definition) is 2. The number of nitrogens with zero attached hydrogens (tertiary/aromatic N) is 1. The van der Waals surface area contributed by atoms with Crippen molar-refractivity contribution >= 4 is 0 Å². The number of pyridine rings is 1. The number of aliphatic hydroxyl groups is 1. The molecule has 1 aromatic rings. The Morgan fingerprint density at radius 1 is 1.36 bits per heavy atom. The zero-order valence-corrected chi connectivity index (χ0v) is 11.7. The van der Waals surface area contributed by atoms with Crippen molar-refractivity contribution in [3.05, 3.63) is 36.5 Å². The Morgan fingerprint density at radius 2 is 2.00 bits per heavy atom. The molecule has 1 N–H and O–H groups in total. The summed E-state index contributed by atoms with van der Waals surface area (Å²) in [7, 11) is 0. The molecule has 80 valence electrons. The molecule has 3 heteroatoms. The van der Waals surface area contributed by atoms with Crippen LogP contribution in [0.15, 0.2) is 24.4 Å². The minimum absolute atomic E-state index is 0. The molecule has 0 saturated heterocycles. The Hall–Kier alpha value is -0.202. The summed E-state index contributed by atoms with van der Waals surface area (Å²) >= 11 is 0. The molecule has 0 bridgehead atoms. The number of aryl methyl sites for hydroxylation is 1. The second-order valence-electron chi connectivity index (χ2n) is 2.73. The molecule has 0 amide bonds. The number of aromatic nitrogens is 1. The fraction of sp³-hybridized carbons (Fsp3) is 0.455. The molecule has 0 fully saturated rings. The monoisotopic (exact) mass is 364 g/mol. The van der Waals surface area contributed by atoms with Crippen molar-refractivity contribution in [2.75, 3.05) is 6.61 Å². The Balaban J connectivity index is 0. The second-order valence-corrected chi connectivity index (χ2v) is 2.73. The number of aliphatic hydroxyl groups excluding tert-OH is 1. The van der Waals surface area contributed by atoms with Crippen LogP contribution in [0.1, 0.15) is 26.0 Å². The first-order chi connectivity index (χ1) is 6.35. The van der Waals surface area contributed by atoms with E-state index in [2.05, 4.69) is 4.98 Å². The smallest absolute Gasteiger partial charge is 0.0434 e. The van der Waals surface area contributed by atoms with Crippen LogP contribution in [0.3, 0.4) is 0 Å². The molecule has 0 aliphatic rings. The van der Waals surface area contributed by atoms with E-state index in [1.165, 1.54) is 0 Å². The van der Waals surface area contributed by atoms with E-state index in [4.69, 9.17) is 5.11 Å². The van der Waals surface area contributed by atoms with Crippen molar-refractivity contribution < 1.29 is 26.2 Å². The third-order valence-electron chi connectivity index (χ3n) is 1.32. The molecule has 0 unspecified atom stereocenters. The Labute approximate surface area is 101 Å². The first kappa shape index (κ1) is 16.2. The van der Waals surface area contributed by atoms with Crippen molar-refractivity contribution in [2.24, 2.45) is 0 Å². The molecule has 0 aliphatic carbocycles. The van der Waals surface area contributed by atoms with Crippen LogP contribution in [0.25, 0.3) is 0 Å². The summed E-state index contributed by atoms with van der Waals surface area (Å²) in [5.41, 5.74) is 1.05. The first-order valence-corrected chi connectivity index (χ1v) is 4.59. The average Bonchev–Trinajstić information content (AvgIpc) is 2.18. The van der Waals surface area contributed by atoms with Crippen LogP contribution in [-0.4, -0.2) is 16.7 Å². The van der Waals surface area contributed by atoms with Crippen LogP contribution in [0, 0.1) is 6.42 Å². The molecule has 0 aliphatic heterocycles. The van der Waals surface area contributed by atoms with E-state index in [0.29, 0.717) is 0 Å². The van der Waals surface area contributed by atoms with Gasteiger partial charge in [-0.25, -0.2) is 0 Å². The molecule has 0 atom stereocenters. The molecular formula is C11H18NOW-. The second kappa shape index (κ2) is 12.8. The Kier molecular flexibility index (Phi) is 14.8. The third-order valence-corrected chi connectivity index (χ3v) is 1.32. The molecule has 14 heavy (non-hydrogen) atoms. The summed E-state index contributed by atoms with van der Waals surface area (Å²) in [6.07, 6.45) is 5.45. The standard InChI is InChI=1S/C8H11NO.C3H7.W/c10-7-3-5-8-4-1-2-6-9-8;1-3-2;/h1-2,4,6,10H,3,5,7H2;3H,1-2H3;/q;-1;. The summed E-state index contributed by atoms with van der Waals surface area (Å²) in [5.74, 6) is 0. The van der Waals surface area contributed by atoms with Gasteiger partial charge in [0, 0.05) is 39.6 Å². The van der Waals surface area contributed by atoms with E-state index in [1.807, 2.05) is 38.5 Å². The van der Waals surface area contributed by atoms with Gasteiger partial charge in [-0.15, -0.1) is 0 Å². The van der Waals surface area contributed by atoms with Crippen LogP contribution in [0.2, 0.25) is 0 Å². The summed E-state index contributed by atoms with van der Waals surface area (Å²) in [6.45, 7) is 4.25. The summed E-state index contributed by atoms with van der Waals surface area (Å²) < 4.78 is 0. The molecule has 0 spiro atoms. The molecule has 2 nitrogen and oxygen atoms in total. The van der Waals surface area contributed by atoms with E-state index in [0.717, 1.165) is 18.5 Å². The zero-order valence-electron chi connectivity index (χ0n) is 8.81. The van der Waals surface area contributed by atoms with Gasteiger partial charge < -0.3 is 11.5 Å². The molecule has 1 heterocycles. The number of hydrogen-bond donors (Lipinski definition) is 1. The van der Waals surface area contributed by atoms with Crippen molar-refractivity contribution in [1.29, 1.82) is 0 Å². The van der Waals surface area contributed by atoms with E-state index in [9.17, 15) is 0 Å². The molecule has 0 radical (unpaired) electrons. The molecule has 1 rings (SSSR count). The summed E-state index contributed by atoms with van der Waals surface area (Å²) in [6, 6.07) is 5.82. The van der Waals surface area contributed by atoms with Crippen LogP contribution in [0.4, 0.5) is 0 Å². The van der Waals surface area contributed by atoms with Crippen molar-refractivity contribution in [2.45, 2.75) is 26.7 Å². The van der Waals surface area contributed by atoms with Crippen LogP contribution in [0.5, 0.6) is 0 Å². The quantitative estimate of drug-likeness (QED) is 0.835. The van der Waals surface area contributed by atoms with Crippen molar-refractivity contribution in [3.8, 4) is 0 Å². The minimum atomic E-state index is 0. The van der Waals surface area contributed by atoms with Crippen LogP contribution >= 0.6 is 0 Å². The Morgan fingerprint density at radius 3 is 2.43 bits per heavy atom. The fourth-order valence-electron chi connectivity index (χ4n) is 0.806. The van der Waals surface area contributed by atoms with Gasteiger partial charge in [0.25, 0.3) is 0 Å². The van der Waals surface area contributed by atoms with Gasteiger partial charge in [0.15, 0.2) is 0 Å². The van der Waals surface area contributed by atoms with Crippen LogP contribution in [-0.2, 0) is 27.5 Å². The summed E-state index contributed by atoms with van der Waals surface area (Å²) in [5, 5.41) is 8.50. The van der Waals surface area contributed by atoms with E-state index < -0.39 is 0 Å². The molecular weight excluding hydrogens is 346 g/mol. The van der Waals surface area contributed by atoms with Gasteiger partial charge in [-0.05, 0) is 25.0 Å². The molecule has 0 aromatic carbocycles. The zero-order chi connectivity index (χ0) is 9.94. The first-order valence-electron chi connectivity index (χ1n) is 4.59. The molecule has 0 saturated carbocycles. The predicted molar refractivity (Wildman–Crippen MR) is 55.3 cm³/mol. The van der Waals surface area contributed by atoms with Gasteiger partial charge in [0.2, 0.25) is 0 Å². The topological polar surface area (TPSA) is 33.1 Å². The SMILES string of the molecule is C[CH-]C.OCCCc1ccccn1.[W]. The predicted octanol–water partition coefficient (Wildman–Crippen LogP) is 2.23. The Bertz CT molecular complexity index is 192. The van der Waals surface area contributed by atoms with Crippen LogP contribution < -0.4 is 0 Å². The third kappa shape index (κ3) is 9.88. The van der Waals surface area contributed by atoms with Gasteiger partial charge >= 0.3 is 0 Å². The summed E-state index contributed by atoms with van der Waals surface area (Å²) in [4.78, 5) is 4.11. The van der Waals surface area contributed by atoms with Gasteiger partial charge in [0.1, 0.15) is 0 Å². The maximum absolute atomic E-state index is 8.50. The van der Waals surface area contributed by atoms with E-state index in [1.54, 1.807) is 6.20 Å². The van der Waals surface area contributed by atoms with Gasteiger partial charge in [0.05, 0.1) is 0 Å². The average molecular weight is 364 g/mol.